The van der Waals surface area contributed by atoms with E-state index in [0.717, 1.165) is 28.3 Å². The minimum atomic E-state index is -0.0695. The average molecular weight is 365 g/mol. The summed E-state index contributed by atoms with van der Waals surface area (Å²) in [5.74, 6) is 0.955. The Morgan fingerprint density at radius 3 is 2.54 bits per heavy atom. The Hall–Kier alpha value is -2.86. The van der Waals surface area contributed by atoms with E-state index in [1.165, 1.54) is 11.8 Å². The normalized spacial score (nSPS) is 10.4. The van der Waals surface area contributed by atoms with E-state index >= 15 is 0 Å². The monoisotopic (exact) mass is 365 g/mol. The minimum Gasteiger partial charge on any atom is -0.496 e. The van der Waals surface area contributed by atoms with E-state index in [1.807, 2.05) is 67.6 Å². The number of amides is 1. The van der Waals surface area contributed by atoms with E-state index < -0.39 is 0 Å². The summed E-state index contributed by atoms with van der Waals surface area (Å²) in [6.07, 6.45) is 0. The highest BCUT2D eigenvalue weighted by Crippen LogP contribution is 2.28. The number of aryl methyl sites for hydroxylation is 1. The molecule has 0 saturated carbocycles. The molecule has 0 radical (unpaired) electrons. The number of hydrogen-bond donors (Lipinski definition) is 1. The van der Waals surface area contributed by atoms with Gasteiger partial charge in [-0.2, -0.15) is 0 Å². The van der Waals surface area contributed by atoms with Gasteiger partial charge in [0, 0.05) is 11.3 Å². The van der Waals surface area contributed by atoms with Gasteiger partial charge in [-0.3, -0.25) is 4.79 Å². The van der Waals surface area contributed by atoms with Crippen LogP contribution in [0.3, 0.4) is 0 Å². The Morgan fingerprint density at radius 2 is 1.81 bits per heavy atom. The molecule has 1 heterocycles. The van der Waals surface area contributed by atoms with Crippen molar-refractivity contribution in [1.82, 2.24) is 10.2 Å². The first-order valence-electron chi connectivity index (χ1n) is 8.13. The van der Waals surface area contributed by atoms with Crippen LogP contribution in [-0.2, 0) is 4.79 Å². The van der Waals surface area contributed by atoms with E-state index in [2.05, 4.69) is 15.5 Å². The lowest BCUT2D eigenvalue weighted by atomic mass is 10.1. The van der Waals surface area contributed by atoms with Crippen LogP contribution >= 0.6 is 11.8 Å². The Labute approximate surface area is 156 Å². The zero-order valence-electron chi connectivity index (χ0n) is 14.6. The van der Waals surface area contributed by atoms with Crippen molar-refractivity contribution in [2.75, 3.05) is 18.2 Å². The number of anilines is 1. The number of nitrogens with one attached hydrogen (secondary N) is 1. The number of thioether (sulfide) groups is 1. The van der Waals surface area contributed by atoms with Gasteiger partial charge in [0.15, 0.2) is 0 Å². The maximum absolute atomic E-state index is 12.1. The van der Waals surface area contributed by atoms with E-state index in [0.29, 0.717) is 5.03 Å². The van der Waals surface area contributed by atoms with Crippen molar-refractivity contribution in [3.8, 4) is 17.0 Å². The van der Waals surface area contributed by atoms with Crippen molar-refractivity contribution < 1.29 is 9.53 Å². The molecule has 2 aromatic carbocycles. The first-order chi connectivity index (χ1) is 12.7. The topological polar surface area (TPSA) is 64.1 Å². The summed E-state index contributed by atoms with van der Waals surface area (Å²) in [7, 11) is 1.63. The zero-order valence-corrected chi connectivity index (χ0v) is 15.4. The van der Waals surface area contributed by atoms with Crippen molar-refractivity contribution in [1.29, 1.82) is 0 Å². The number of hydrogen-bond acceptors (Lipinski definition) is 5. The number of carbonyl (C=O) groups is 1. The average Bonchev–Trinajstić information content (AvgIpc) is 2.68. The summed E-state index contributed by atoms with van der Waals surface area (Å²) >= 11 is 1.35. The molecule has 0 fully saturated rings. The number of nitrogens with zero attached hydrogens (tertiary/aromatic N) is 2. The van der Waals surface area contributed by atoms with Crippen LogP contribution in [0.2, 0.25) is 0 Å². The van der Waals surface area contributed by atoms with E-state index in [4.69, 9.17) is 4.74 Å². The molecule has 3 aromatic rings. The van der Waals surface area contributed by atoms with Gasteiger partial charge in [-0.1, -0.05) is 42.1 Å². The molecule has 132 valence electrons. The van der Waals surface area contributed by atoms with Crippen molar-refractivity contribution in [3.63, 3.8) is 0 Å². The van der Waals surface area contributed by atoms with Crippen LogP contribution in [0.5, 0.6) is 5.75 Å². The van der Waals surface area contributed by atoms with Gasteiger partial charge in [0.1, 0.15) is 10.8 Å². The molecular formula is C20H19N3O2S. The van der Waals surface area contributed by atoms with Crippen LogP contribution in [0, 0.1) is 6.92 Å². The number of rotatable bonds is 6. The fourth-order valence-corrected chi connectivity index (χ4v) is 3.05. The molecule has 1 N–H and O–H groups in total. The highest BCUT2D eigenvalue weighted by atomic mass is 32.2. The first-order valence-corrected chi connectivity index (χ1v) is 9.11. The molecule has 3 rings (SSSR count). The third kappa shape index (κ3) is 4.40. The lowest BCUT2D eigenvalue weighted by Gasteiger charge is -2.08. The van der Waals surface area contributed by atoms with Crippen LogP contribution in [0.4, 0.5) is 5.69 Å². The van der Waals surface area contributed by atoms with Crippen molar-refractivity contribution in [2.24, 2.45) is 0 Å². The van der Waals surface area contributed by atoms with Crippen molar-refractivity contribution in [3.05, 3.63) is 66.2 Å². The van der Waals surface area contributed by atoms with Crippen LogP contribution in [0.1, 0.15) is 5.56 Å². The van der Waals surface area contributed by atoms with Crippen LogP contribution in [0.15, 0.2) is 65.7 Å². The third-order valence-electron chi connectivity index (χ3n) is 3.79. The lowest BCUT2D eigenvalue weighted by molar-refractivity contribution is -0.113. The van der Waals surface area contributed by atoms with Gasteiger partial charge in [0.05, 0.1) is 18.6 Å². The molecule has 0 aliphatic heterocycles. The van der Waals surface area contributed by atoms with Gasteiger partial charge in [0.25, 0.3) is 0 Å². The molecule has 0 atom stereocenters. The molecule has 0 unspecified atom stereocenters. The molecule has 0 bridgehead atoms. The summed E-state index contributed by atoms with van der Waals surface area (Å²) in [5.41, 5.74) is 3.48. The summed E-state index contributed by atoms with van der Waals surface area (Å²) in [6, 6.07) is 19.1. The molecule has 1 aromatic heterocycles. The van der Waals surface area contributed by atoms with E-state index in [1.54, 1.807) is 7.11 Å². The molecule has 0 saturated heterocycles. The van der Waals surface area contributed by atoms with Gasteiger partial charge in [-0.05, 0) is 42.8 Å². The molecule has 0 aliphatic rings. The number of methoxy groups -OCH3 is 1. The van der Waals surface area contributed by atoms with Gasteiger partial charge in [-0.15, -0.1) is 10.2 Å². The minimum absolute atomic E-state index is 0.0695. The van der Waals surface area contributed by atoms with E-state index in [9.17, 15) is 4.79 Å². The Morgan fingerprint density at radius 1 is 1.04 bits per heavy atom. The molecule has 0 spiro atoms. The maximum Gasteiger partial charge on any atom is 0.234 e. The first kappa shape index (κ1) is 17.9. The zero-order chi connectivity index (χ0) is 18.4. The summed E-state index contributed by atoms with van der Waals surface area (Å²) < 4.78 is 5.35. The highest BCUT2D eigenvalue weighted by Gasteiger charge is 2.09. The molecule has 26 heavy (non-hydrogen) atoms. The standard InChI is InChI=1S/C20H19N3O2S/c1-14-7-3-5-9-16(14)21-19(24)13-26-20-12-11-17(22-23-20)15-8-4-6-10-18(15)25-2/h3-12H,13H2,1-2H3,(H,21,24). The van der Waals surface area contributed by atoms with Gasteiger partial charge < -0.3 is 10.1 Å². The molecule has 1 amide bonds. The predicted molar refractivity (Wildman–Crippen MR) is 105 cm³/mol. The van der Waals surface area contributed by atoms with Crippen LogP contribution < -0.4 is 10.1 Å². The summed E-state index contributed by atoms with van der Waals surface area (Å²) in [4.78, 5) is 12.1. The maximum atomic E-state index is 12.1. The lowest BCUT2D eigenvalue weighted by Crippen LogP contribution is -2.14. The Bertz CT molecular complexity index is 898. The number of benzene rings is 2. The summed E-state index contributed by atoms with van der Waals surface area (Å²) in [6.45, 7) is 1.96. The number of aromatic nitrogens is 2. The van der Waals surface area contributed by atoms with Crippen molar-refractivity contribution >= 4 is 23.4 Å². The van der Waals surface area contributed by atoms with Crippen molar-refractivity contribution in [2.45, 2.75) is 11.9 Å². The number of carbonyl (C=O) groups excluding carboxylic acids is 1. The SMILES string of the molecule is COc1ccccc1-c1ccc(SCC(=O)Nc2ccccc2C)nn1. The highest BCUT2D eigenvalue weighted by molar-refractivity contribution is 7.99. The smallest absolute Gasteiger partial charge is 0.234 e. The second-order valence-corrected chi connectivity index (χ2v) is 6.60. The molecule has 0 aliphatic carbocycles. The second kappa shape index (κ2) is 8.49. The molecule has 6 heteroatoms. The Kier molecular flexibility index (Phi) is 5.86. The third-order valence-corrected chi connectivity index (χ3v) is 4.71. The Balaban J connectivity index is 1.61. The van der Waals surface area contributed by atoms with Crippen LogP contribution in [-0.4, -0.2) is 29.0 Å². The number of para-hydroxylation sites is 2. The molecule has 5 nitrogen and oxygen atoms in total. The van der Waals surface area contributed by atoms with Gasteiger partial charge >= 0.3 is 0 Å². The summed E-state index contributed by atoms with van der Waals surface area (Å²) in [5, 5.41) is 12.1. The molecular weight excluding hydrogens is 346 g/mol. The van der Waals surface area contributed by atoms with E-state index in [-0.39, 0.29) is 11.7 Å². The second-order valence-electron chi connectivity index (χ2n) is 5.61. The quantitative estimate of drug-likeness (QED) is 0.664. The predicted octanol–water partition coefficient (Wildman–Crippen LogP) is 4.19. The van der Waals surface area contributed by atoms with Crippen LogP contribution in [0.25, 0.3) is 11.3 Å². The van der Waals surface area contributed by atoms with Gasteiger partial charge in [-0.25, -0.2) is 0 Å². The fourth-order valence-electron chi connectivity index (χ4n) is 2.44. The fraction of sp³-hybridized carbons (Fsp3) is 0.150. The number of ether oxygens (including phenoxy) is 1. The van der Waals surface area contributed by atoms with Gasteiger partial charge in [0.2, 0.25) is 5.91 Å². The largest absolute Gasteiger partial charge is 0.496 e.